The fraction of sp³-hybridized carbons (Fsp3) is 0.364. The second kappa shape index (κ2) is 5.54. The Bertz CT molecular complexity index is 372. The Morgan fingerprint density at radius 3 is 2.33 bits per heavy atom. The number of carbonyl (C=O) groups is 1. The van der Waals surface area contributed by atoms with Gasteiger partial charge in [0.05, 0.1) is 5.56 Å². The summed E-state index contributed by atoms with van der Waals surface area (Å²) in [5.74, 6) is -1.01. The molecule has 0 bridgehead atoms. The van der Waals surface area contributed by atoms with Gasteiger partial charge in [-0.05, 0) is 24.5 Å². The van der Waals surface area contributed by atoms with Crippen LogP contribution in [0.3, 0.4) is 0 Å². The van der Waals surface area contributed by atoms with Crippen molar-refractivity contribution in [3.63, 3.8) is 0 Å². The average Bonchev–Trinajstić information content (AvgIpc) is 2.02. The molecule has 3 nitrogen and oxygen atoms in total. The molecule has 0 heterocycles. The van der Waals surface area contributed by atoms with Gasteiger partial charge < -0.3 is 10.2 Å². The molecule has 1 N–H and O–H groups in total. The Morgan fingerprint density at radius 2 is 1.93 bits per heavy atom. The normalized spacial score (nSPS) is 9.87. The quantitative estimate of drug-likeness (QED) is 0.638. The van der Waals surface area contributed by atoms with E-state index in [1.54, 1.807) is 6.92 Å². The average molecular weight is 216 g/mol. The molecule has 1 aromatic rings. The van der Waals surface area contributed by atoms with Crippen LogP contribution in [0.25, 0.3) is 0 Å². The van der Waals surface area contributed by atoms with Crippen LogP contribution in [0.1, 0.15) is 41.3 Å². The van der Waals surface area contributed by atoms with Crippen molar-refractivity contribution >= 4 is 5.97 Å². The van der Waals surface area contributed by atoms with Gasteiger partial charge in [-0.25, -0.2) is 4.79 Å². The van der Waals surface area contributed by atoms with E-state index >= 15 is 0 Å². The monoisotopic (exact) mass is 216 g/mol. The van der Waals surface area contributed by atoms with Gasteiger partial charge in [-0.2, -0.15) is 0 Å². The zero-order valence-corrected chi connectivity index (χ0v) is 11.5. The van der Waals surface area contributed by atoms with Crippen LogP contribution in [0.15, 0.2) is 12.1 Å². The first kappa shape index (κ1) is 14.5. The van der Waals surface area contributed by atoms with Gasteiger partial charge in [-0.1, -0.05) is 25.5 Å². The number of carboxylic acids is 1. The van der Waals surface area contributed by atoms with Crippen molar-refractivity contribution in [3.05, 3.63) is 28.8 Å². The molecule has 0 spiro atoms. The summed E-state index contributed by atoms with van der Waals surface area (Å²) in [6.45, 7) is 5.38. The number of benzene rings is 1. The van der Waals surface area contributed by atoms with Crippen LogP contribution >= 0.6 is 0 Å². The number of rotatable bonds is 2. The number of carboxylic acid groups (broad SMARTS) is 1. The molecule has 15 heavy (non-hydrogen) atoms. The Hall–Kier alpha value is -0.510. The Kier molecular flexibility index (Phi) is 5.35. The second-order valence-corrected chi connectivity index (χ2v) is 3.66. The van der Waals surface area contributed by atoms with Gasteiger partial charge in [-0.3, -0.25) is 0 Å². The summed E-state index contributed by atoms with van der Waals surface area (Å²) in [5.41, 5.74) is 1.30. The number of hydrogen-bond acceptors (Lipinski definition) is 2. The van der Waals surface area contributed by atoms with Crippen LogP contribution in [-0.4, -0.2) is 11.1 Å². The minimum atomic E-state index is -0.982. The van der Waals surface area contributed by atoms with Gasteiger partial charge in [0, 0.05) is 0 Å². The predicted molar refractivity (Wildman–Crippen MR) is 51.7 cm³/mol. The van der Waals surface area contributed by atoms with E-state index in [9.17, 15) is 9.90 Å². The molecule has 0 saturated heterocycles. The van der Waals surface area contributed by atoms with E-state index < -0.39 is 5.97 Å². The first-order chi connectivity index (χ1) is 6.43. The summed E-state index contributed by atoms with van der Waals surface area (Å²) < 4.78 is 0. The van der Waals surface area contributed by atoms with Crippen LogP contribution in [0.5, 0.6) is 5.75 Å². The van der Waals surface area contributed by atoms with Crippen molar-refractivity contribution < 1.29 is 44.6 Å². The molecule has 0 radical (unpaired) electrons. The maximum Gasteiger partial charge on any atom is 1.00 e. The molecule has 0 atom stereocenters. The molecule has 1 aromatic carbocycles. The number of aryl methyl sites for hydroxylation is 1. The number of hydrogen-bond donors (Lipinski definition) is 1. The van der Waals surface area contributed by atoms with E-state index in [1.807, 2.05) is 13.8 Å². The second-order valence-electron chi connectivity index (χ2n) is 3.66. The van der Waals surface area contributed by atoms with Crippen LogP contribution < -0.4 is 34.7 Å². The summed E-state index contributed by atoms with van der Waals surface area (Å²) in [4.78, 5) is 10.8. The summed E-state index contributed by atoms with van der Waals surface area (Å²) >= 11 is 0. The Morgan fingerprint density at radius 1 is 1.40 bits per heavy atom. The van der Waals surface area contributed by atoms with Crippen LogP contribution in [0.2, 0.25) is 0 Å². The fourth-order valence-corrected chi connectivity index (χ4v) is 1.38. The van der Waals surface area contributed by atoms with Crippen molar-refractivity contribution in [1.29, 1.82) is 0 Å². The molecule has 0 aliphatic heterocycles. The molecule has 0 aliphatic rings. The van der Waals surface area contributed by atoms with E-state index in [1.165, 1.54) is 12.1 Å². The van der Waals surface area contributed by atoms with E-state index in [0.29, 0.717) is 11.1 Å². The van der Waals surface area contributed by atoms with Gasteiger partial charge in [0.25, 0.3) is 0 Å². The van der Waals surface area contributed by atoms with Gasteiger partial charge in [0.15, 0.2) is 0 Å². The van der Waals surface area contributed by atoms with Gasteiger partial charge in [0.2, 0.25) is 0 Å². The topological polar surface area (TPSA) is 60.4 Å². The van der Waals surface area contributed by atoms with Crippen molar-refractivity contribution in [2.45, 2.75) is 26.7 Å². The largest absolute Gasteiger partial charge is 1.00 e. The molecule has 0 saturated carbocycles. The SMILES string of the molecule is Cc1cc([O-])c(C(C)C)cc1C(=O)O.[Na+]. The molecule has 76 valence electrons. The summed E-state index contributed by atoms with van der Waals surface area (Å²) in [6.07, 6.45) is 0. The maximum atomic E-state index is 11.5. The third kappa shape index (κ3) is 3.23. The third-order valence-electron chi connectivity index (χ3n) is 2.21. The molecular formula is C11H13NaO3. The van der Waals surface area contributed by atoms with Crippen molar-refractivity contribution in [1.82, 2.24) is 0 Å². The first-order valence-corrected chi connectivity index (χ1v) is 4.48. The van der Waals surface area contributed by atoms with E-state index in [0.717, 1.165) is 0 Å². The van der Waals surface area contributed by atoms with E-state index in [2.05, 4.69) is 0 Å². The zero-order valence-electron chi connectivity index (χ0n) is 9.50. The van der Waals surface area contributed by atoms with Gasteiger partial charge >= 0.3 is 35.5 Å². The molecule has 0 aromatic heterocycles. The summed E-state index contributed by atoms with van der Waals surface area (Å²) in [6, 6.07) is 2.86. The van der Waals surface area contributed by atoms with Crippen molar-refractivity contribution in [3.8, 4) is 5.75 Å². The van der Waals surface area contributed by atoms with Gasteiger partial charge in [0.1, 0.15) is 0 Å². The van der Waals surface area contributed by atoms with Crippen LogP contribution in [0, 0.1) is 6.92 Å². The molecule has 1 rings (SSSR count). The van der Waals surface area contributed by atoms with Gasteiger partial charge in [-0.15, -0.1) is 5.75 Å². The first-order valence-electron chi connectivity index (χ1n) is 4.48. The molecule has 0 fully saturated rings. The van der Waals surface area contributed by atoms with E-state index in [-0.39, 0.29) is 46.8 Å². The Labute approximate surface area is 111 Å². The molecule has 0 unspecified atom stereocenters. The smallest absolute Gasteiger partial charge is 0.872 e. The fourth-order valence-electron chi connectivity index (χ4n) is 1.38. The minimum Gasteiger partial charge on any atom is -0.872 e. The number of aromatic carboxylic acids is 1. The molecule has 0 aliphatic carbocycles. The Balaban J connectivity index is 0.00000196. The predicted octanol–water partition coefficient (Wildman–Crippen LogP) is -1.11. The zero-order chi connectivity index (χ0) is 10.9. The van der Waals surface area contributed by atoms with Crippen molar-refractivity contribution in [2.24, 2.45) is 0 Å². The summed E-state index contributed by atoms with van der Waals surface area (Å²) in [5, 5.41) is 20.3. The minimum absolute atomic E-state index is 0. The van der Waals surface area contributed by atoms with E-state index in [4.69, 9.17) is 5.11 Å². The standard InChI is InChI=1S/C11H14O3.Na/c1-6(2)8-5-9(11(13)14)7(3)4-10(8)12;/h4-6,12H,1-3H3,(H,13,14);/q;+1/p-1. The molecule has 4 heteroatoms. The maximum absolute atomic E-state index is 11.5. The summed E-state index contributed by atoms with van der Waals surface area (Å²) in [7, 11) is 0. The molecular weight excluding hydrogens is 203 g/mol. The van der Waals surface area contributed by atoms with Crippen LogP contribution in [-0.2, 0) is 0 Å². The third-order valence-corrected chi connectivity index (χ3v) is 2.21. The molecule has 0 amide bonds. The van der Waals surface area contributed by atoms with Crippen molar-refractivity contribution in [2.75, 3.05) is 0 Å². The van der Waals surface area contributed by atoms with Crippen LogP contribution in [0.4, 0.5) is 0 Å².